The second-order valence-electron chi connectivity index (χ2n) is 5.47. The number of nitrogens with two attached hydrogens (primary N) is 1. The Morgan fingerprint density at radius 3 is 2.95 bits per heavy atom. The fourth-order valence-electron chi connectivity index (χ4n) is 2.84. The molecule has 2 atom stereocenters. The molecule has 120 valence electrons. The van der Waals surface area contributed by atoms with Gasteiger partial charge < -0.3 is 20.5 Å². The lowest BCUT2D eigenvalue weighted by atomic mass is 10.0. The van der Waals surface area contributed by atoms with Gasteiger partial charge in [0.25, 0.3) is 5.91 Å². The molecular weight excluding hydrogens is 280 g/mol. The van der Waals surface area contributed by atoms with Gasteiger partial charge in [-0.1, -0.05) is 19.1 Å². The van der Waals surface area contributed by atoms with Gasteiger partial charge in [-0.25, -0.2) is 0 Å². The molecule has 5 heteroatoms. The molecule has 5 nitrogen and oxygen atoms in total. The molecular formula is C17H24N2O3. The van der Waals surface area contributed by atoms with E-state index in [2.05, 4.69) is 11.9 Å². The van der Waals surface area contributed by atoms with Crippen LogP contribution in [0.1, 0.15) is 29.6 Å². The third kappa shape index (κ3) is 3.80. The average molecular weight is 304 g/mol. The highest BCUT2D eigenvalue weighted by Crippen LogP contribution is 2.29. The highest BCUT2D eigenvalue weighted by atomic mass is 16.5. The molecule has 1 aliphatic carbocycles. The van der Waals surface area contributed by atoms with Crippen LogP contribution in [0.2, 0.25) is 0 Å². The highest BCUT2D eigenvalue weighted by Gasteiger charge is 2.27. The van der Waals surface area contributed by atoms with E-state index in [1.807, 2.05) is 0 Å². The van der Waals surface area contributed by atoms with E-state index in [0.717, 1.165) is 19.3 Å². The van der Waals surface area contributed by atoms with Crippen LogP contribution in [0.5, 0.6) is 11.5 Å². The van der Waals surface area contributed by atoms with Crippen LogP contribution in [0.15, 0.2) is 30.9 Å². The van der Waals surface area contributed by atoms with E-state index in [1.54, 1.807) is 31.4 Å². The van der Waals surface area contributed by atoms with Crippen LogP contribution in [0.4, 0.5) is 0 Å². The molecule has 22 heavy (non-hydrogen) atoms. The number of ether oxygens (including phenoxy) is 2. The molecule has 0 aromatic heterocycles. The van der Waals surface area contributed by atoms with Gasteiger partial charge in [0.2, 0.25) is 0 Å². The summed E-state index contributed by atoms with van der Waals surface area (Å²) < 4.78 is 10.8. The Balaban J connectivity index is 2.07. The summed E-state index contributed by atoms with van der Waals surface area (Å²) in [5.74, 6) is 1.41. The smallest absolute Gasteiger partial charge is 0.251 e. The number of carbonyl (C=O) groups is 1. The SMILES string of the molecule is C=CCOc1ccc(C(=O)NC2CCCC2CN)cc1OC. The van der Waals surface area contributed by atoms with Crippen molar-refractivity contribution in [3.63, 3.8) is 0 Å². The van der Waals surface area contributed by atoms with Gasteiger partial charge in [0.1, 0.15) is 6.61 Å². The summed E-state index contributed by atoms with van der Waals surface area (Å²) in [5, 5.41) is 3.08. The summed E-state index contributed by atoms with van der Waals surface area (Å²) in [5.41, 5.74) is 6.32. The second-order valence-corrected chi connectivity index (χ2v) is 5.47. The zero-order valence-corrected chi connectivity index (χ0v) is 13.0. The summed E-state index contributed by atoms with van der Waals surface area (Å²) in [6, 6.07) is 5.34. The molecule has 0 heterocycles. The summed E-state index contributed by atoms with van der Waals surface area (Å²) in [6.07, 6.45) is 4.85. The Labute approximate surface area is 131 Å². The van der Waals surface area contributed by atoms with Gasteiger partial charge in [-0.2, -0.15) is 0 Å². The predicted molar refractivity (Wildman–Crippen MR) is 86.3 cm³/mol. The van der Waals surface area contributed by atoms with Crippen molar-refractivity contribution in [2.24, 2.45) is 11.7 Å². The van der Waals surface area contributed by atoms with Crippen LogP contribution in [0.3, 0.4) is 0 Å². The Bertz CT molecular complexity index is 531. The zero-order valence-electron chi connectivity index (χ0n) is 13.0. The van der Waals surface area contributed by atoms with Crippen LogP contribution >= 0.6 is 0 Å². The molecule has 1 aromatic carbocycles. The van der Waals surface area contributed by atoms with Gasteiger partial charge in [0, 0.05) is 11.6 Å². The van der Waals surface area contributed by atoms with Crippen LogP contribution in [-0.4, -0.2) is 32.2 Å². The van der Waals surface area contributed by atoms with Gasteiger partial charge in [0.05, 0.1) is 7.11 Å². The zero-order chi connectivity index (χ0) is 15.9. The average Bonchev–Trinajstić information content (AvgIpc) is 2.99. The third-order valence-corrected chi connectivity index (χ3v) is 4.06. The minimum absolute atomic E-state index is 0.0982. The molecule has 3 N–H and O–H groups in total. The van der Waals surface area contributed by atoms with E-state index in [-0.39, 0.29) is 11.9 Å². The van der Waals surface area contributed by atoms with Crippen molar-refractivity contribution in [3.8, 4) is 11.5 Å². The maximum Gasteiger partial charge on any atom is 0.251 e. The number of hydrogen-bond acceptors (Lipinski definition) is 4. The standard InChI is InChI=1S/C17H24N2O3/c1-3-9-22-15-8-7-12(10-16(15)21-2)17(20)19-14-6-4-5-13(14)11-18/h3,7-8,10,13-14H,1,4-6,9,11,18H2,2H3,(H,19,20). The van der Waals surface area contributed by atoms with Crippen LogP contribution in [0.25, 0.3) is 0 Å². The number of rotatable bonds is 7. The third-order valence-electron chi connectivity index (χ3n) is 4.06. The topological polar surface area (TPSA) is 73.6 Å². The van der Waals surface area contributed by atoms with Crippen molar-refractivity contribution >= 4 is 5.91 Å². The van der Waals surface area contributed by atoms with Crippen molar-refractivity contribution in [2.75, 3.05) is 20.3 Å². The minimum Gasteiger partial charge on any atom is -0.493 e. The second kappa shape index (κ2) is 7.84. The number of amides is 1. The van der Waals surface area contributed by atoms with Crippen LogP contribution in [-0.2, 0) is 0 Å². The molecule has 0 spiro atoms. The van der Waals surface area contributed by atoms with E-state index in [4.69, 9.17) is 15.2 Å². The molecule has 1 fully saturated rings. The lowest BCUT2D eigenvalue weighted by Crippen LogP contribution is -2.39. The Kier molecular flexibility index (Phi) is 5.83. The number of methoxy groups -OCH3 is 1. The predicted octanol–water partition coefficient (Wildman–Crippen LogP) is 2.12. The summed E-state index contributed by atoms with van der Waals surface area (Å²) in [4.78, 5) is 12.4. The van der Waals surface area contributed by atoms with E-state index in [1.165, 1.54) is 0 Å². The number of benzene rings is 1. The fourth-order valence-corrected chi connectivity index (χ4v) is 2.84. The maximum absolute atomic E-state index is 12.4. The number of nitrogens with one attached hydrogen (secondary N) is 1. The van der Waals surface area contributed by atoms with Gasteiger partial charge in [-0.15, -0.1) is 0 Å². The molecule has 1 aromatic rings. The highest BCUT2D eigenvalue weighted by molar-refractivity contribution is 5.95. The Hall–Kier alpha value is -2.01. The van der Waals surface area contributed by atoms with Crippen LogP contribution in [0, 0.1) is 5.92 Å². The van der Waals surface area contributed by atoms with Crippen molar-refractivity contribution in [2.45, 2.75) is 25.3 Å². The van der Waals surface area contributed by atoms with E-state index in [9.17, 15) is 4.79 Å². The summed E-state index contributed by atoms with van der Waals surface area (Å²) in [6.45, 7) is 4.61. The molecule has 1 aliphatic rings. The minimum atomic E-state index is -0.0982. The fraction of sp³-hybridized carbons (Fsp3) is 0.471. The monoisotopic (exact) mass is 304 g/mol. The van der Waals surface area contributed by atoms with E-state index < -0.39 is 0 Å². The molecule has 2 unspecified atom stereocenters. The van der Waals surface area contributed by atoms with Gasteiger partial charge in [-0.3, -0.25) is 4.79 Å². The lowest BCUT2D eigenvalue weighted by Gasteiger charge is -2.20. The normalized spacial score (nSPS) is 20.5. The first kappa shape index (κ1) is 16.4. The molecule has 1 saturated carbocycles. The first-order valence-electron chi connectivity index (χ1n) is 7.62. The molecule has 0 aliphatic heterocycles. The molecule has 1 amide bonds. The van der Waals surface area contributed by atoms with Crippen molar-refractivity contribution in [1.82, 2.24) is 5.32 Å². The molecule has 0 bridgehead atoms. The van der Waals surface area contributed by atoms with Gasteiger partial charge in [0.15, 0.2) is 11.5 Å². The van der Waals surface area contributed by atoms with Gasteiger partial charge in [-0.05, 0) is 43.5 Å². The van der Waals surface area contributed by atoms with Crippen molar-refractivity contribution in [3.05, 3.63) is 36.4 Å². The quantitative estimate of drug-likeness (QED) is 0.757. The first-order chi connectivity index (χ1) is 10.7. The molecule has 0 radical (unpaired) electrons. The molecule has 2 rings (SSSR count). The van der Waals surface area contributed by atoms with Gasteiger partial charge >= 0.3 is 0 Å². The van der Waals surface area contributed by atoms with Crippen molar-refractivity contribution < 1.29 is 14.3 Å². The largest absolute Gasteiger partial charge is 0.493 e. The van der Waals surface area contributed by atoms with E-state index in [0.29, 0.717) is 36.1 Å². The number of hydrogen-bond donors (Lipinski definition) is 2. The Morgan fingerprint density at radius 1 is 1.45 bits per heavy atom. The summed E-state index contributed by atoms with van der Waals surface area (Å²) in [7, 11) is 1.55. The Morgan fingerprint density at radius 2 is 2.27 bits per heavy atom. The molecule has 0 saturated heterocycles. The lowest BCUT2D eigenvalue weighted by molar-refractivity contribution is 0.0928. The number of carbonyl (C=O) groups excluding carboxylic acids is 1. The van der Waals surface area contributed by atoms with Crippen molar-refractivity contribution in [1.29, 1.82) is 0 Å². The summed E-state index contributed by atoms with van der Waals surface area (Å²) >= 11 is 0. The van der Waals surface area contributed by atoms with E-state index >= 15 is 0 Å². The maximum atomic E-state index is 12.4. The van der Waals surface area contributed by atoms with Crippen LogP contribution < -0.4 is 20.5 Å². The first-order valence-corrected chi connectivity index (χ1v) is 7.62.